The van der Waals surface area contributed by atoms with Crippen molar-refractivity contribution in [1.29, 1.82) is 0 Å². The van der Waals surface area contributed by atoms with E-state index in [0.29, 0.717) is 0 Å². The normalized spacial score (nSPS) is 14.4. The Morgan fingerprint density at radius 3 is 2.76 bits per heavy atom. The first-order valence-corrected chi connectivity index (χ1v) is 7.17. The maximum Gasteiger partial charge on any atom is 0.337 e. The third-order valence-electron chi connectivity index (χ3n) is 3.95. The summed E-state index contributed by atoms with van der Waals surface area (Å²) in [5.74, 6) is -0.0462. The fraction of sp³-hybridized carbons (Fsp3) is 0.294. The predicted molar refractivity (Wildman–Crippen MR) is 81.7 cm³/mol. The van der Waals surface area contributed by atoms with Crippen molar-refractivity contribution >= 4 is 11.8 Å². The van der Waals surface area contributed by atoms with Crippen LogP contribution in [-0.2, 0) is 13.0 Å². The van der Waals surface area contributed by atoms with Crippen molar-refractivity contribution in [2.75, 3.05) is 11.4 Å². The van der Waals surface area contributed by atoms with Crippen molar-refractivity contribution < 1.29 is 9.90 Å². The Morgan fingerprint density at radius 2 is 2.05 bits per heavy atom. The summed E-state index contributed by atoms with van der Waals surface area (Å²) in [5.41, 5.74) is 3.89. The molecule has 0 saturated heterocycles. The van der Waals surface area contributed by atoms with Gasteiger partial charge in [-0.2, -0.15) is 0 Å². The largest absolute Gasteiger partial charge is 0.478 e. The second-order valence-corrected chi connectivity index (χ2v) is 5.46. The van der Waals surface area contributed by atoms with Crippen LogP contribution < -0.4 is 4.90 Å². The Bertz CT molecular complexity index is 682. The van der Waals surface area contributed by atoms with Crippen molar-refractivity contribution in [1.82, 2.24) is 4.98 Å². The molecule has 1 aromatic heterocycles. The number of benzene rings is 1. The number of nitrogens with zero attached hydrogens (tertiary/aromatic N) is 2. The molecule has 4 heteroatoms. The van der Waals surface area contributed by atoms with Gasteiger partial charge >= 0.3 is 5.97 Å². The van der Waals surface area contributed by atoms with Crippen LogP contribution in [0.2, 0.25) is 0 Å². The molecule has 0 unspecified atom stereocenters. The van der Waals surface area contributed by atoms with Gasteiger partial charge in [0.05, 0.1) is 5.56 Å². The van der Waals surface area contributed by atoms with Crippen LogP contribution >= 0.6 is 0 Å². The molecule has 1 N–H and O–H groups in total. The second kappa shape index (κ2) is 5.56. The summed E-state index contributed by atoms with van der Waals surface area (Å²) in [4.78, 5) is 17.6. The number of fused-ring (bicyclic) bond motifs is 1. The van der Waals surface area contributed by atoms with E-state index >= 15 is 0 Å². The van der Waals surface area contributed by atoms with E-state index in [1.54, 1.807) is 6.07 Å². The first-order valence-electron chi connectivity index (χ1n) is 7.17. The number of hydrogen-bond donors (Lipinski definition) is 1. The van der Waals surface area contributed by atoms with Gasteiger partial charge in [0.2, 0.25) is 0 Å². The van der Waals surface area contributed by atoms with Gasteiger partial charge in [-0.05, 0) is 42.5 Å². The number of carbonyl (C=O) groups is 1. The van der Waals surface area contributed by atoms with E-state index in [9.17, 15) is 4.79 Å². The molecule has 3 rings (SSSR count). The molecule has 1 aromatic carbocycles. The minimum absolute atomic E-state index is 0.242. The summed E-state index contributed by atoms with van der Waals surface area (Å²) >= 11 is 0. The molecule has 0 aliphatic carbocycles. The van der Waals surface area contributed by atoms with E-state index in [2.05, 4.69) is 34.1 Å². The monoisotopic (exact) mass is 282 g/mol. The molecule has 4 nitrogen and oxygen atoms in total. The predicted octanol–water partition coefficient (Wildman–Crippen LogP) is 3.04. The Kier molecular flexibility index (Phi) is 3.60. The van der Waals surface area contributed by atoms with Crippen LogP contribution in [0.15, 0.2) is 36.5 Å². The van der Waals surface area contributed by atoms with Crippen LogP contribution in [-0.4, -0.2) is 22.6 Å². The molecule has 2 aromatic rings. The van der Waals surface area contributed by atoms with E-state index < -0.39 is 5.97 Å². The van der Waals surface area contributed by atoms with Gasteiger partial charge in [0, 0.05) is 19.3 Å². The molecular weight excluding hydrogens is 264 g/mol. The molecule has 0 radical (unpaired) electrons. The van der Waals surface area contributed by atoms with Crippen LogP contribution in [0.5, 0.6) is 0 Å². The number of aryl methyl sites for hydroxylation is 2. The van der Waals surface area contributed by atoms with Gasteiger partial charge in [-0.15, -0.1) is 0 Å². The lowest BCUT2D eigenvalue weighted by Crippen LogP contribution is -2.24. The number of carboxylic acid groups (broad SMARTS) is 1. The average Bonchev–Trinajstić information content (AvgIpc) is 2.69. The molecule has 1 aliphatic rings. The number of carboxylic acids is 1. The Labute approximate surface area is 124 Å². The average molecular weight is 282 g/mol. The zero-order valence-corrected chi connectivity index (χ0v) is 12.0. The quantitative estimate of drug-likeness (QED) is 0.920. The SMILES string of the molecule is Cc1cc(C(=O)O)cnc1N1CCCc2ccccc2C1. The van der Waals surface area contributed by atoms with E-state index in [0.717, 1.165) is 37.3 Å². The van der Waals surface area contributed by atoms with E-state index in [-0.39, 0.29) is 5.56 Å². The third-order valence-corrected chi connectivity index (χ3v) is 3.95. The maximum atomic E-state index is 11.0. The van der Waals surface area contributed by atoms with Gasteiger partial charge in [-0.1, -0.05) is 24.3 Å². The number of anilines is 1. The smallest absolute Gasteiger partial charge is 0.337 e. The molecule has 1 aliphatic heterocycles. The summed E-state index contributed by atoms with van der Waals surface area (Å²) in [6, 6.07) is 10.2. The van der Waals surface area contributed by atoms with Gasteiger partial charge < -0.3 is 10.0 Å². The van der Waals surface area contributed by atoms with E-state index in [1.807, 2.05) is 6.92 Å². The number of pyridine rings is 1. The van der Waals surface area contributed by atoms with Crippen molar-refractivity contribution in [2.24, 2.45) is 0 Å². The number of rotatable bonds is 2. The highest BCUT2D eigenvalue weighted by atomic mass is 16.4. The summed E-state index contributed by atoms with van der Waals surface area (Å²) in [5, 5.41) is 9.03. The molecule has 21 heavy (non-hydrogen) atoms. The summed E-state index contributed by atoms with van der Waals surface area (Å²) in [6.07, 6.45) is 3.61. The molecule has 0 spiro atoms. The fourth-order valence-electron chi connectivity index (χ4n) is 2.90. The van der Waals surface area contributed by atoms with Crippen LogP contribution in [0.4, 0.5) is 5.82 Å². The van der Waals surface area contributed by atoms with Gasteiger partial charge in [0.25, 0.3) is 0 Å². The van der Waals surface area contributed by atoms with Gasteiger partial charge in [0.1, 0.15) is 5.82 Å². The Hall–Kier alpha value is -2.36. The Morgan fingerprint density at radius 1 is 1.29 bits per heavy atom. The molecule has 0 bridgehead atoms. The lowest BCUT2D eigenvalue weighted by atomic mass is 10.0. The third kappa shape index (κ3) is 2.75. The minimum atomic E-state index is -0.932. The molecule has 0 atom stereocenters. The van der Waals surface area contributed by atoms with E-state index in [4.69, 9.17) is 5.11 Å². The molecule has 0 amide bonds. The molecular formula is C17H18N2O2. The van der Waals surface area contributed by atoms with Crippen molar-refractivity contribution in [3.05, 3.63) is 58.8 Å². The molecule has 0 fully saturated rings. The number of hydrogen-bond acceptors (Lipinski definition) is 3. The standard InChI is InChI=1S/C17H18N2O2/c1-12-9-15(17(20)21)10-18-16(12)19-8-4-7-13-5-2-3-6-14(13)11-19/h2-3,5-6,9-10H,4,7-8,11H2,1H3,(H,20,21). The number of aromatic carboxylic acids is 1. The number of aromatic nitrogens is 1. The first-order chi connectivity index (χ1) is 10.1. The lowest BCUT2D eigenvalue weighted by Gasteiger charge is -2.24. The summed E-state index contributed by atoms with van der Waals surface area (Å²) < 4.78 is 0. The summed E-state index contributed by atoms with van der Waals surface area (Å²) in [7, 11) is 0. The van der Waals surface area contributed by atoms with Crippen LogP contribution in [0, 0.1) is 6.92 Å². The topological polar surface area (TPSA) is 53.4 Å². The van der Waals surface area contributed by atoms with Crippen LogP contribution in [0.3, 0.4) is 0 Å². The highest BCUT2D eigenvalue weighted by molar-refractivity contribution is 5.87. The fourth-order valence-corrected chi connectivity index (χ4v) is 2.90. The first kappa shape index (κ1) is 13.6. The van der Waals surface area contributed by atoms with Gasteiger partial charge in [-0.3, -0.25) is 0 Å². The highest BCUT2D eigenvalue weighted by Crippen LogP contribution is 2.25. The Balaban J connectivity index is 1.92. The lowest BCUT2D eigenvalue weighted by molar-refractivity contribution is 0.0696. The van der Waals surface area contributed by atoms with Crippen LogP contribution in [0.1, 0.15) is 33.5 Å². The van der Waals surface area contributed by atoms with Gasteiger partial charge in [0.15, 0.2) is 0 Å². The molecule has 0 saturated carbocycles. The van der Waals surface area contributed by atoms with Crippen molar-refractivity contribution in [2.45, 2.75) is 26.3 Å². The summed E-state index contributed by atoms with van der Waals surface area (Å²) in [6.45, 7) is 3.69. The highest BCUT2D eigenvalue weighted by Gasteiger charge is 2.17. The van der Waals surface area contributed by atoms with E-state index in [1.165, 1.54) is 17.3 Å². The second-order valence-electron chi connectivity index (χ2n) is 5.46. The molecule has 108 valence electrons. The van der Waals surface area contributed by atoms with Crippen LogP contribution in [0.25, 0.3) is 0 Å². The van der Waals surface area contributed by atoms with Gasteiger partial charge in [-0.25, -0.2) is 9.78 Å². The molecule has 2 heterocycles. The minimum Gasteiger partial charge on any atom is -0.478 e. The van der Waals surface area contributed by atoms with Crippen molar-refractivity contribution in [3.8, 4) is 0 Å². The zero-order valence-electron chi connectivity index (χ0n) is 12.0. The zero-order chi connectivity index (χ0) is 14.8. The maximum absolute atomic E-state index is 11.0. The van der Waals surface area contributed by atoms with Crippen molar-refractivity contribution in [3.63, 3.8) is 0 Å².